The standard InChI is InChI=1S/C19H19N5O3/c1-26-18-6-5-14(11-21-18)24-17(15-4-2-3-8-20-15)10-16(23-24)19(25)22-13-7-9-27-12-13/h2-6,8,10-11,13H,7,9,12H2,1H3,(H,22,25)/t13-/m1/s1. The van der Waals surface area contributed by atoms with Crippen molar-refractivity contribution in [1.82, 2.24) is 25.1 Å². The quantitative estimate of drug-likeness (QED) is 0.742. The van der Waals surface area contributed by atoms with E-state index in [4.69, 9.17) is 9.47 Å². The second kappa shape index (κ2) is 7.55. The Morgan fingerprint density at radius 2 is 2.22 bits per heavy atom. The van der Waals surface area contributed by atoms with Crippen LogP contribution in [0.1, 0.15) is 16.9 Å². The van der Waals surface area contributed by atoms with E-state index < -0.39 is 0 Å². The summed E-state index contributed by atoms with van der Waals surface area (Å²) >= 11 is 0. The fourth-order valence-electron chi connectivity index (χ4n) is 2.91. The van der Waals surface area contributed by atoms with Gasteiger partial charge in [-0.05, 0) is 30.7 Å². The largest absolute Gasteiger partial charge is 0.481 e. The van der Waals surface area contributed by atoms with Crippen LogP contribution in [0.4, 0.5) is 0 Å². The summed E-state index contributed by atoms with van der Waals surface area (Å²) in [5.74, 6) is 0.271. The number of amides is 1. The molecule has 3 aromatic heterocycles. The van der Waals surface area contributed by atoms with Gasteiger partial charge in [-0.15, -0.1) is 0 Å². The molecule has 138 valence electrons. The molecular formula is C19H19N5O3. The predicted octanol–water partition coefficient (Wildman–Crippen LogP) is 1.86. The monoisotopic (exact) mass is 365 g/mol. The summed E-state index contributed by atoms with van der Waals surface area (Å²) in [5, 5.41) is 7.46. The Kier molecular flexibility index (Phi) is 4.80. The van der Waals surface area contributed by atoms with E-state index in [1.54, 1.807) is 36.3 Å². The van der Waals surface area contributed by atoms with Gasteiger partial charge in [0, 0.05) is 18.9 Å². The molecule has 4 heterocycles. The second-order valence-corrected chi connectivity index (χ2v) is 6.13. The van der Waals surface area contributed by atoms with E-state index in [0.29, 0.717) is 41.9 Å². The van der Waals surface area contributed by atoms with Crippen molar-refractivity contribution in [3.05, 3.63) is 54.5 Å². The van der Waals surface area contributed by atoms with Gasteiger partial charge in [-0.25, -0.2) is 9.67 Å². The van der Waals surface area contributed by atoms with Crippen molar-refractivity contribution >= 4 is 5.91 Å². The van der Waals surface area contributed by atoms with Gasteiger partial charge in [0.1, 0.15) is 0 Å². The van der Waals surface area contributed by atoms with Crippen molar-refractivity contribution < 1.29 is 14.3 Å². The van der Waals surface area contributed by atoms with Crippen LogP contribution in [0.25, 0.3) is 17.1 Å². The molecule has 0 unspecified atom stereocenters. The Balaban J connectivity index is 1.71. The SMILES string of the molecule is COc1ccc(-n2nc(C(=O)N[C@@H]3CCOC3)cc2-c2ccccn2)cn1. The maximum atomic E-state index is 12.6. The first-order valence-corrected chi connectivity index (χ1v) is 8.65. The van der Waals surface area contributed by atoms with Crippen LogP contribution in [-0.4, -0.2) is 52.0 Å². The zero-order valence-electron chi connectivity index (χ0n) is 14.8. The number of nitrogens with zero attached hydrogens (tertiary/aromatic N) is 4. The molecule has 8 heteroatoms. The first kappa shape index (κ1) is 17.2. The summed E-state index contributed by atoms with van der Waals surface area (Å²) in [6.07, 6.45) is 4.15. The number of rotatable bonds is 5. The smallest absolute Gasteiger partial charge is 0.272 e. The van der Waals surface area contributed by atoms with Gasteiger partial charge in [0.2, 0.25) is 5.88 Å². The van der Waals surface area contributed by atoms with Crippen LogP contribution < -0.4 is 10.1 Å². The predicted molar refractivity (Wildman–Crippen MR) is 97.8 cm³/mol. The molecule has 27 heavy (non-hydrogen) atoms. The molecule has 1 N–H and O–H groups in total. The number of carbonyl (C=O) groups is 1. The molecule has 0 bridgehead atoms. The van der Waals surface area contributed by atoms with E-state index in [2.05, 4.69) is 20.4 Å². The first-order chi connectivity index (χ1) is 13.2. The third-order valence-electron chi connectivity index (χ3n) is 4.31. The molecular weight excluding hydrogens is 346 g/mol. The third kappa shape index (κ3) is 3.65. The maximum absolute atomic E-state index is 12.6. The Labute approximate surface area is 156 Å². The molecule has 0 saturated carbocycles. The van der Waals surface area contributed by atoms with Crippen molar-refractivity contribution in [2.24, 2.45) is 0 Å². The Bertz CT molecular complexity index is 918. The molecule has 1 aliphatic rings. The molecule has 3 aromatic rings. The fraction of sp³-hybridized carbons (Fsp3) is 0.263. The van der Waals surface area contributed by atoms with Gasteiger partial charge in [0.15, 0.2) is 5.69 Å². The average molecular weight is 365 g/mol. The highest BCUT2D eigenvalue weighted by molar-refractivity contribution is 5.93. The first-order valence-electron chi connectivity index (χ1n) is 8.65. The Morgan fingerprint density at radius 1 is 1.30 bits per heavy atom. The minimum Gasteiger partial charge on any atom is -0.481 e. The van der Waals surface area contributed by atoms with Crippen LogP contribution in [-0.2, 0) is 4.74 Å². The minimum absolute atomic E-state index is 0.0172. The minimum atomic E-state index is -0.233. The van der Waals surface area contributed by atoms with Gasteiger partial charge in [-0.3, -0.25) is 9.78 Å². The van der Waals surface area contributed by atoms with Crippen LogP contribution in [0.3, 0.4) is 0 Å². The molecule has 1 aliphatic heterocycles. The number of aromatic nitrogens is 4. The van der Waals surface area contributed by atoms with Crippen molar-refractivity contribution in [1.29, 1.82) is 0 Å². The molecule has 1 fully saturated rings. The number of ether oxygens (including phenoxy) is 2. The zero-order chi connectivity index (χ0) is 18.6. The van der Waals surface area contributed by atoms with Gasteiger partial charge in [0.25, 0.3) is 5.91 Å². The number of nitrogens with one attached hydrogen (secondary N) is 1. The number of hydrogen-bond donors (Lipinski definition) is 1. The van der Waals surface area contributed by atoms with E-state index in [0.717, 1.165) is 6.42 Å². The lowest BCUT2D eigenvalue weighted by Gasteiger charge is -2.08. The lowest BCUT2D eigenvalue weighted by molar-refractivity contribution is 0.0924. The number of pyridine rings is 2. The van der Waals surface area contributed by atoms with Crippen LogP contribution in [0.2, 0.25) is 0 Å². The highest BCUT2D eigenvalue weighted by atomic mass is 16.5. The van der Waals surface area contributed by atoms with E-state index >= 15 is 0 Å². The molecule has 0 aromatic carbocycles. The van der Waals surface area contributed by atoms with Crippen molar-refractivity contribution in [3.63, 3.8) is 0 Å². The summed E-state index contributed by atoms with van der Waals surface area (Å²) in [7, 11) is 1.56. The molecule has 1 saturated heterocycles. The van der Waals surface area contributed by atoms with Gasteiger partial charge in [-0.2, -0.15) is 5.10 Å². The molecule has 1 amide bonds. The van der Waals surface area contributed by atoms with E-state index in [1.807, 2.05) is 24.3 Å². The highest BCUT2D eigenvalue weighted by Crippen LogP contribution is 2.23. The number of carbonyl (C=O) groups excluding carboxylic acids is 1. The topological polar surface area (TPSA) is 91.2 Å². The molecule has 0 spiro atoms. The molecule has 8 nitrogen and oxygen atoms in total. The van der Waals surface area contributed by atoms with Crippen LogP contribution >= 0.6 is 0 Å². The molecule has 0 radical (unpaired) electrons. The van der Waals surface area contributed by atoms with Gasteiger partial charge in [0.05, 0.1) is 43.0 Å². The van der Waals surface area contributed by atoms with Crippen LogP contribution in [0, 0.1) is 0 Å². The Hall–Kier alpha value is -3.26. The van der Waals surface area contributed by atoms with E-state index in [-0.39, 0.29) is 11.9 Å². The van der Waals surface area contributed by atoms with Crippen LogP contribution in [0.15, 0.2) is 48.8 Å². The van der Waals surface area contributed by atoms with Gasteiger partial charge >= 0.3 is 0 Å². The number of hydrogen-bond acceptors (Lipinski definition) is 6. The lowest BCUT2D eigenvalue weighted by atomic mass is 10.2. The zero-order valence-corrected chi connectivity index (χ0v) is 14.8. The van der Waals surface area contributed by atoms with E-state index in [1.165, 1.54) is 0 Å². The van der Waals surface area contributed by atoms with Gasteiger partial charge < -0.3 is 14.8 Å². The molecule has 1 atom stereocenters. The summed E-state index contributed by atoms with van der Waals surface area (Å²) in [6, 6.07) is 10.9. The van der Waals surface area contributed by atoms with Crippen LogP contribution in [0.5, 0.6) is 5.88 Å². The average Bonchev–Trinajstić information content (AvgIpc) is 3.39. The summed E-state index contributed by atoms with van der Waals surface area (Å²) in [4.78, 5) is 21.2. The van der Waals surface area contributed by atoms with E-state index in [9.17, 15) is 4.79 Å². The Morgan fingerprint density at radius 3 is 2.89 bits per heavy atom. The van der Waals surface area contributed by atoms with Gasteiger partial charge in [-0.1, -0.05) is 6.07 Å². The van der Waals surface area contributed by atoms with Crippen molar-refractivity contribution in [2.75, 3.05) is 20.3 Å². The third-order valence-corrected chi connectivity index (χ3v) is 4.31. The van der Waals surface area contributed by atoms with Crippen molar-refractivity contribution in [3.8, 4) is 23.0 Å². The fourth-order valence-corrected chi connectivity index (χ4v) is 2.91. The maximum Gasteiger partial charge on any atom is 0.272 e. The lowest BCUT2D eigenvalue weighted by Crippen LogP contribution is -2.35. The summed E-state index contributed by atoms with van der Waals surface area (Å²) in [5.41, 5.74) is 2.44. The highest BCUT2D eigenvalue weighted by Gasteiger charge is 2.22. The summed E-state index contributed by atoms with van der Waals surface area (Å²) < 4.78 is 12.1. The molecule has 4 rings (SSSR count). The normalized spacial score (nSPS) is 16.3. The van der Waals surface area contributed by atoms with Crippen molar-refractivity contribution in [2.45, 2.75) is 12.5 Å². The second-order valence-electron chi connectivity index (χ2n) is 6.13. The number of methoxy groups -OCH3 is 1. The molecule has 0 aliphatic carbocycles. The summed E-state index contributed by atoms with van der Waals surface area (Å²) in [6.45, 7) is 1.19.